The summed E-state index contributed by atoms with van der Waals surface area (Å²) >= 11 is 0. The van der Waals surface area contributed by atoms with Gasteiger partial charge in [-0.1, -0.05) is 45.0 Å². The maximum atomic E-state index is 13.9. The second-order valence-electron chi connectivity index (χ2n) is 9.29. The van der Waals surface area contributed by atoms with Gasteiger partial charge in [-0.15, -0.1) is 0 Å². The first-order valence-electron chi connectivity index (χ1n) is 10.7. The summed E-state index contributed by atoms with van der Waals surface area (Å²) in [6.45, 7) is 7.61. The van der Waals surface area contributed by atoms with E-state index < -0.39 is 0 Å². The zero-order valence-electron chi connectivity index (χ0n) is 18.2. The fraction of sp³-hybridized carbons (Fsp3) is 0.440. The highest BCUT2D eigenvalue weighted by molar-refractivity contribution is 6.18. The molecule has 3 unspecified atom stereocenters. The Kier molecular flexibility index (Phi) is 5.31. The number of methoxy groups -OCH3 is 1. The number of benzene rings is 1. The van der Waals surface area contributed by atoms with Crippen LogP contribution in [-0.4, -0.2) is 35.1 Å². The van der Waals surface area contributed by atoms with Crippen molar-refractivity contribution in [2.75, 3.05) is 13.7 Å². The van der Waals surface area contributed by atoms with E-state index >= 15 is 0 Å². The number of nitrogens with zero attached hydrogens (tertiary/aromatic N) is 2. The van der Waals surface area contributed by atoms with Crippen molar-refractivity contribution in [2.24, 2.45) is 17.3 Å². The van der Waals surface area contributed by atoms with Crippen LogP contribution in [0, 0.1) is 17.3 Å². The van der Waals surface area contributed by atoms with Crippen molar-refractivity contribution in [3.63, 3.8) is 0 Å². The second kappa shape index (κ2) is 7.78. The fourth-order valence-electron chi connectivity index (χ4n) is 5.20. The van der Waals surface area contributed by atoms with Crippen molar-refractivity contribution in [1.29, 1.82) is 0 Å². The number of para-hydroxylation sites is 1. The van der Waals surface area contributed by atoms with Crippen LogP contribution >= 0.6 is 0 Å². The van der Waals surface area contributed by atoms with Gasteiger partial charge in [0.05, 0.1) is 7.11 Å². The highest BCUT2D eigenvalue weighted by atomic mass is 16.5. The first-order chi connectivity index (χ1) is 14.3. The van der Waals surface area contributed by atoms with Crippen LogP contribution in [0.1, 0.15) is 39.2 Å². The number of rotatable bonds is 4. The van der Waals surface area contributed by atoms with Crippen LogP contribution in [0.3, 0.4) is 0 Å². The van der Waals surface area contributed by atoms with Gasteiger partial charge in [0.2, 0.25) is 0 Å². The molecule has 1 amide bonds. The molecule has 2 heterocycles. The smallest absolute Gasteiger partial charge is 0.271 e. The summed E-state index contributed by atoms with van der Waals surface area (Å²) in [5.41, 5.74) is 1.12. The second-order valence-corrected chi connectivity index (χ2v) is 9.29. The lowest BCUT2D eigenvalue weighted by molar-refractivity contribution is -0.127. The first-order valence-corrected chi connectivity index (χ1v) is 10.7. The van der Waals surface area contributed by atoms with Crippen molar-refractivity contribution in [1.82, 2.24) is 9.47 Å². The number of likely N-dealkylation sites (tertiary alicyclic amines) is 1. The van der Waals surface area contributed by atoms with Crippen LogP contribution in [0.5, 0.6) is 5.75 Å². The van der Waals surface area contributed by atoms with Gasteiger partial charge in [-0.25, -0.2) is 0 Å². The van der Waals surface area contributed by atoms with Crippen LogP contribution in [0.2, 0.25) is 0 Å². The molecule has 5 nitrogen and oxygen atoms in total. The zero-order chi connectivity index (χ0) is 21.5. The van der Waals surface area contributed by atoms with Gasteiger partial charge in [0.15, 0.2) is 0 Å². The van der Waals surface area contributed by atoms with E-state index in [1.807, 2.05) is 29.2 Å². The highest BCUT2D eigenvalue weighted by Gasteiger charge is 2.49. The number of pyridine rings is 1. The van der Waals surface area contributed by atoms with E-state index in [4.69, 9.17) is 4.74 Å². The number of ether oxygens (including phenoxy) is 1. The predicted octanol–water partition coefficient (Wildman–Crippen LogP) is 4.14. The Labute approximate surface area is 178 Å². The van der Waals surface area contributed by atoms with E-state index in [1.165, 1.54) is 10.6 Å². The summed E-state index contributed by atoms with van der Waals surface area (Å²) in [6, 6.07) is 12.7. The van der Waals surface area contributed by atoms with E-state index in [0.29, 0.717) is 23.3 Å². The predicted molar refractivity (Wildman–Crippen MR) is 119 cm³/mol. The normalized spacial score (nSPS) is 25.3. The standard InChI is InChI=1S/C25H30N2O3/c1-17-20-13-18(15-25(17,2)3)16-27(20)24(29)21(26-12-8-7-11-23(26)28)14-19-9-5-6-10-22(19)30-4/h5-12,14,17-18,20H,13,15-16H2,1-4H3. The van der Waals surface area contributed by atoms with Crippen molar-refractivity contribution in [3.05, 3.63) is 64.6 Å². The first kappa shape index (κ1) is 20.5. The minimum Gasteiger partial charge on any atom is -0.496 e. The maximum absolute atomic E-state index is 13.9. The molecule has 4 rings (SSSR count). The molecule has 1 aliphatic heterocycles. The minimum absolute atomic E-state index is 0.0914. The lowest BCUT2D eigenvalue weighted by Gasteiger charge is -2.42. The molecule has 2 fully saturated rings. The monoisotopic (exact) mass is 406 g/mol. The lowest BCUT2D eigenvalue weighted by Crippen LogP contribution is -2.45. The average Bonchev–Trinajstić information content (AvgIpc) is 3.10. The third-order valence-electron chi connectivity index (χ3n) is 7.05. The van der Waals surface area contributed by atoms with Crippen LogP contribution in [0.25, 0.3) is 11.8 Å². The Morgan fingerprint density at radius 3 is 2.63 bits per heavy atom. The number of hydrogen-bond donors (Lipinski definition) is 0. The van der Waals surface area contributed by atoms with Gasteiger partial charge in [0.25, 0.3) is 11.5 Å². The quantitative estimate of drug-likeness (QED) is 0.717. The molecule has 3 atom stereocenters. The number of carbonyl (C=O) groups excluding carboxylic acids is 1. The molecule has 30 heavy (non-hydrogen) atoms. The van der Waals surface area contributed by atoms with Gasteiger partial charge >= 0.3 is 0 Å². The number of carbonyl (C=O) groups is 1. The third-order valence-corrected chi connectivity index (χ3v) is 7.05. The van der Waals surface area contributed by atoms with Crippen LogP contribution in [-0.2, 0) is 4.79 Å². The maximum Gasteiger partial charge on any atom is 0.271 e. The summed E-state index contributed by atoms with van der Waals surface area (Å²) in [7, 11) is 1.61. The molecule has 1 saturated carbocycles. The Bertz CT molecular complexity index is 1040. The number of hydrogen-bond acceptors (Lipinski definition) is 3. The summed E-state index contributed by atoms with van der Waals surface area (Å²) < 4.78 is 6.93. The lowest BCUT2D eigenvalue weighted by atomic mass is 9.65. The third kappa shape index (κ3) is 3.57. The van der Waals surface area contributed by atoms with Crippen molar-refractivity contribution in [3.8, 4) is 5.75 Å². The Morgan fingerprint density at radius 2 is 1.90 bits per heavy atom. The summed E-state index contributed by atoms with van der Waals surface area (Å²) in [4.78, 5) is 28.5. The largest absolute Gasteiger partial charge is 0.496 e. The minimum atomic E-state index is -0.220. The van der Waals surface area contributed by atoms with Gasteiger partial charge in [0, 0.05) is 30.4 Å². The van der Waals surface area contributed by atoms with Crippen LogP contribution in [0.15, 0.2) is 53.5 Å². The molecule has 0 radical (unpaired) electrons. The van der Waals surface area contributed by atoms with E-state index in [2.05, 4.69) is 20.8 Å². The number of fused-ring (bicyclic) bond motifs is 2. The molecule has 5 heteroatoms. The Morgan fingerprint density at radius 1 is 1.17 bits per heavy atom. The van der Waals surface area contributed by atoms with E-state index in [-0.39, 0.29) is 22.9 Å². The molecular formula is C25H30N2O3. The van der Waals surface area contributed by atoms with Crippen molar-refractivity contribution < 1.29 is 9.53 Å². The molecular weight excluding hydrogens is 376 g/mol. The molecule has 2 aromatic rings. The topological polar surface area (TPSA) is 51.5 Å². The zero-order valence-corrected chi connectivity index (χ0v) is 18.2. The average molecular weight is 407 g/mol. The molecule has 1 aromatic carbocycles. The van der Waals surface area contributed by atoms with Gasteiger partial charge in [-0.2, -0.15) is 0 Å². The summed E-state index contributed by atoms with van der Waals surface area (Å²) in [6.07, 6.45) is 5.62. The molecule has 1 saturated heterocycles. The molecule has 2 aliphatic rings. The molecule has 2 bridgehead atoms. The van der Waals surface area contributed by atoms with E-state index in [1.54, 1.807) is 31.5 Å². The molecule has 158 valence electrons. The van der Waals surface area contributed by atoms with Gasteiger partial charge in [0.1, 0.15) is 11.4 Å². The molecule has 1 aliphatic carbocycles. The van der Waals surface area contributed by atoms with E-state index in [0.717, 1.165) is 24.9 Å². The Balaban J connectivity index is 1.79. The van der Waals surface area contributed by atoms with Crippen LogP contribution < -0.4 is 10.3 Å². The number of amides is 1. The SMILES string of the molecule is COc1ccccc1C=C(C(=O)N1CC2CC1C(C)C(C)(C)C2)n1ccccc1=O. The van der Waals surface area contributed by atoms with Gasteiger partial charge in [-0.05, 0) is 48.3 Å². The molecule has 0 spiro atoms. The van der Waals surface area contributed by atoms with Crippen molar-refractivity contribution in [2.45, 2.75) is 39.7 Å². The summed E-state index contributed by atoms with van der Waals surface area (Å²) in [5, 5.41) is 0. The van der Waals surface area contributed by atoms with Gasteiger partial charge < -0.3 is 9.64 Å². The van der Waals surface area contributed by atoms with Crippen molar-refractivity contribution >= 4 is 17.7 Å². The fourth-order valence-corrected chi connectivity index (χ4v) is 5.20. The number of aromatic nitrogens is 1. The van der Waals surface area contributed by atoms with E-state index in [9.17, 15) is 9.59 Å². The molecule has 0 N–H and O–H groups in total. The van der Waals surface area contributed by atoms with Gasteiger partial charge in [-0.3, -0.25) is 14.2 Å². The highest BCUT2D eigenvalue weighted by Crippen LogP contribution is 2.49. The molecule has 1 aromatic heterocycles. The Hall–Kier alpha value is -2.82. The summed E-state index contributed by atoms with van der Waals surface area (Å²) in [5.74, 6) is 1.50. The van der Waals surface area contributed by atoms with Crippen LogP contribution in [0.4, 0.5) is 0 Å².